The number of hydrogen-bond acceptors (Lipinski definition) is 6. The van der Waals surface area contributed by atoms with Crippen LogP contribution < -0.4 is 5.32 Å². The SMILES string of the molecule is Cc1nc(N[C@H]2COC[C@@H]2N2CCN(C)CC2)nc2c1CCCC2. The van der Waals surface area contributed by atoms with Crippen molar-refractivity contribution in [2.24, 2.45) is 0 Å². The highest BCUT2D eigenvalue weighted by Crippen LogP contribution is 2.24. The Balaban J connectivity index is 1.47. The molecule has 4 rings (SSSR count). The molecular weight excluding hydrogens is 302 g/mol. The zero-order valence-electron chi connectivity index (χ0n) is 14.9. The van der Waals surface area contributed by atoms with E-state index in [4.69, 9.17) is 14.7 Å². The molecule has 6 nitrogen and oxygen atoms in total. The van der Waals surface area contributed by atoms with Crippen LogP contribution in [0.5, 0.6) is 0 Å². The van der Waals surface area contributed by atoms with Crippen LogP contribution in [0, 0.1) is 6.92 Å². The van der Waals surface area contributed by atoms with Crippen molar-refractivity contribution in [2.75, 3.05) is 51.8 Å². The summed E-state index contributed by atoms with van der Waals surface area (Å²) in [5, 5.41) is 3.59. The quantitative estimate of drug-likeness (QED) is 0.895. The third kappa shape index (κ3) is 3.27. The number of hydrogen-bond donors (Lipinski definition) is 1. The molecule has 2 aliphatic heterocycles. The highest BCUT2D eigenvalue weighted by atomic mass is 16.5. The summed E-state index contributed by atoms with van der Waals surface area (Å²) in [6.45, 7) is 8.19. The van der Waals surface area contributed by atoms with Crippen LogP contribution in [0.2, 0.25) is 0 Å². The van der Waals surface area contributed by atoms with Gasteiger partial charge in [0.2, 0.25) is 5.95 Å². The lowest BCUT2D eigenvalue weighted by Crippen LogP contribution is -2.54. The van der Waals surface area contributed by atoms with Gasteiger partial charge in [-0.3, -0.25) is 4.90 Å². The Kier molecular flexibility index (Phi) is 4.70. The van der Waals surface area contributed by atoms with E-state index in [0.717, 1.165) is 63.9 Å². The topological polar surface area (TPSA) is 53.5 Å². The number of likely N-dealkylation sites (N-methyl/N-ethyl adjacent to an activating group) is 1. The van der Waals surface area contributed by atoms with Crippen LogP contribution in [0.3, 0.4) is 0 Å². The Labute approximate surface area is 144 Å². The van der Waals surface area contributed by atoms with Gasteiger partial charge in [0.25, 0.3) is 0 Å². The summed E-state index contributed by atoms with van der Waals surface area (Å²) < 4.78 is 5.79. The molecule has 0 radical (unpaired) electrons. The third-order valence-electron chi connectivity index (χ3n) is 5.76. The largest absolute Gasteiger partial charge is 0.378 e. The highest BCUT2D eigenvalue weighted by Gasteiger charge is 2.35. The standard InChI is InChI=1S/C18H29N5O/c1-13-14-5-3-4-6-15(14)20-18(19-13)21-16-11-24-12-17(16)23-9-7-22(2)8-10-23/h16-17H,3-12H2,1-2H3,(H,19,20,21)/t16-,17-/m0/s1. The van der Waals surface area contributed by atoms with Crippen LogP contribution in [0.25, 0.3) is 0 Å². The molecule has 1 aliphatic carbocycles. The molecule has 24 heavy (non-hydrogen) atoms. The van der Waals surface area contributed by atoms with Crippen molar-refractivity contribution in [1.29, 1.82) is 0 Å². The maximum atomic E-state index is 5.79. The van der Waals surface area contributed by atoms with Crippen molar-refractivity contribution in [3.8, 4) is 0 Å². The Bertz CT molecular complexity index is 585. The van der Waals surface area contributed by atoms with Crippen LogP contribution in [-0.2, 0) is 17.6 Å². The smallest absolute Gasteiger partial charge is 0.223 e. The van der Waals surface area contributed by atoms with Gasteiger partial charge in [-0.05, 0) is 45.2 Å². The molecule has 1 N–H and O–H groups in total. The van der Waals surface area contributed by atoms with Crippen molar-refractivity contribution >= 4 is 5.95 Å². The summed E-state index contributed by atoms with van der Waals surface area (Å²) in [6, 6.07) is 0.716. The van der Waals surface area contributed by atoms with Gasteiger partial charge in [0.1, 0.15) is 0 Å². The molecule has 0 spiro atoms. The number of aryl methyl sites for hydroxylation is 2. The fraction of sp³-hybridized carbons (Fsp3) is 0.778. The van der Waals surface area contributed by atoms with Crippen LogP contribution in [0.4, 0.5) is 5.95 Å². The maximum absolute atomic E-state index is 5.79. The first kappa shape index (κ1) is 16.2. The average Bonchev–Trinajstić information content (AvgIpc) is 3.04. The molecule has 6 heteroatoms. The molecule has 0 bridgehead atoms. The minimum absolute atomic E-state index is 0.287. The van der Waals surface area contributed by atoms with Gasteiger partial charge in [-0.15, -0.1) is 0 Å². The first-order valence-electron chi connectivity index (χ1n) is 9.34. The lowest BCUT2D eigenvalue weighted by atomic mass is 9.95. The first-order valence-corrected chi connectivity index (χ1v) is 9.34. The second-order valence-corrected chi connectivity index (χ2v) is 7.46. The number of piperazine rings is 1. The number of nitrogens with one attached hydrogen (secondary N) is 1. The number of ether oxygens (including phenoxy) is 1. The Hall–Kier alpha value is -1.24. The second-order valence-electron chi connectivity index (χ2n) is 7.46. The Morgan fingerprint density at radius 2 is 1.83 bits per heavy atom. The lowest BCUT2D eigenvalue weighted by Gasteiger charge is -2.38. The first-order chi connectivity index (χ1) is 11.7. The van der Waals surface area contributed by atoms with Gasteiger partial charge in [-0.25, -0.2) is 9.97 Å². The van der Waals surface area contributed by atoms with Gasteiger partial charge in [-0.2, -0.15) is 0 Å². The fourth-order valence-corrected chi connectivity index (χ4v) is 4.21. The minimum Gasteiger partial charge on any atom is -0.378 e. The van der Waals surface area contributed by atoms with E-state index in [1.165, 1.54) is 24.1 Å². The van der Waals surface area contributed by atoms with Gasteiger partial charge in [-0.1, -0.05) is 0 Å². The van der Waals surface area contributed by atoms with E-state index in [2.05, 4.69) is 29.1 Å². The predicted molar refractivity (Wildman–Crippen MR) is 94.5 cm³/mol. The molecule has 2 saturated heterocycles. The van der Waals surface area contributed by atoms with Crippen LogP contribution in [0.1, 0.15) is 29.8 Å². The molecule has 0 amide bonds. The second kappa shape index (κ2) is 6.94. The summed E-state index contributed by atoms with van der Waals surface area (Å²) >= 11 is 0. The molecule has 0 unspecified atom stereocenters. The van der Waals surface area contributed by atoms with E-state index in [9.17, 15) is 0 Å². The summed E-state index contributed by atoms with van der Waals surface area (Å²) in [7, 11) is 2.20. The van der Waals surface area contributed by atoms with Crippen molar-refractivity contribution in [1.82, 2.24) is 19.8 Å². The van der Waals surface area contributed by atoms with E-state index >= 15 is 0 Å². The zero-order valence-corrected chi connectivity index (χ0v) is 14.9. The van der Waals surface area contributed by atoms with Crippen LogP contribution in [0.15, 0.2) is 0 Å². The van der Waals surface area contributed by atoms with Crippen molar-refractivity contribution < 1.29 is 4.74 Å². The fourth-order valence-electron chi connectivity index (χ4n) is 4.21. The van der Waals surface area contributed by atoms with E-state index in [-0.39, 0.29) is 6.04 Å². The van der Waals surface area contributed by atoms with E-state index in [1.807, 2.05) is 0 Å². The summed E-state index contributed by atoms with van der Waals surface area (Å²) in [6.07, 6.45) is 4.75. The monoisotopic (exact) mass is 331 g/mol. The highest BCUT2D eigenvalue weighted by molar-refractivity contribution is 5.37. The molecule has 0 aromatic carbocycles. The molecule has 2 atom stereocenters. The molecule has 3 heterocycles. The van der Waals surface area contributed by atoms with Gasteiger partial charge in [0.15, 0.2) is 0 Å². The number of rotatable bonds is 3. The van der Waals surface area contributed by atoms with Crippen LogP contribution >= 0.6 is 0 Å². The summed E-state index contributed by atoms with van der Waals surface area (Å²) in [5.41, 5.74) is 3.79. The lowest BCUT2D eigenvalue weighted by molar-refractivity contribution is 0.0948. The van der Waals surface area contributed by atoms with Gasteiger partial charge in [0.05, 0.1) is 25.3 Å². The molecule has 3 aliphatic rings. The van der Waals surface area contributed by atoms with Gasteiger partial charge in [0, 0.05) is 37.6 Å². The molecular formula is C18H29N5O. The average molecular weight is 331 g/mol. The number of nitrogens with zero attached hydrogens (tertiary/aromatic N) is 4. The summed E-state index contributed by atoms with van der Waals surface area (Å²) in [4.78, 5) is 14.5. The molecule has 0 saturated carbocycles. The molecule has 1 aromatic heterocycles. The van der Waals surface area contributed by atoms with E-state index < -0.39 is 0 Å². The third-order valence-corrected chi connectivity index (χ3v) is 5.76. The minimum atomic E-state index is 0.287. The van der Waals surface area contributed by atoms with Crippen molar-refractivity contribution in [3.63, 3.8) is 0 Å². The predicted octanol–water partition coefficient (Wildman–Crippen LogP) is 1.09. The maximum Gasteiger partial charge on any atom is 0.223 e. The van der Waals surface area contributed by atoms with Crippen molar-refractivity contribution in [2.45, 2.75) is 44.7 Å². The number of anilines is 1. The Morgan fingerprint density at radius 3 is 2.67 bits per heavy atom. The molecule has 1 aromatic rings. The van der Waals surface area contributed by atoms with Crippen LogP contribution in [-0.4, -0.2) is 78.3 Å². The van der Waals surface area contributed by atoms with Crippen molar-refractivity contribution in [3.05, 3.63) is 17.0 Å². The van der Waals surface area contributed by atoms with Gasteiger partial charge < -0.3 is 15.0 Å². The Morgan fingerprint density at radius 1 is 1.04 bits per heavy atom. The molecule has 2 fully saturated rings. The number of aromatic nitrogens is 2. The molecule has 132 valence electrons. The van der Waals surface area contributed by atoms with E-state index in [1.54, 1.807) is 0 Å². The normalized spacial score (nSPS) is 28.8. The zero-order chi connectivity index (χ0) is 16.5. The summed E-state index contributed by atoms with van der Waals surface area (Å²) in [5.74, 6) is 0.794. The van der Waals surface area contributed by atoms with E-state index in [0.29, 0.717) is 6.04 Å². The number of fused-ring (bicyclic) bond motifs is 1. The van der Waals surface area contributed by atoms with Gasteiger partial charge >= 0.3 is 0 Å².